The van der Waals surface area contributed by atoms with Gasteiger partial charge in [0.15, 0.2) is 0 Å². The molecule has 0 bridgehead atoms. The van der Waals surface area contributed by atoms with Crippen molar-refractivity contribution in [3.63, 3.8) is 0 Å². The third-order valence-electron chi connectivity index (χ3n) is 2.94. The van der Waals surface area contributed by atoms with Crippen LogP contribution in [0.4, 0.5) is 5.69 Å². The summed E-state index contributed by atoms with van der Waals surface area (Å²) in [6.07, 6.45) is 0. The van der Waals surface area contributed by atoms with E-state index in [-0.39, 0.29) is 0 Å². The van der Waals surface area contributed by atoms with Crippen molar-refractivity contribution in [1.82, 2.24) is 0 Å². The van der Waals surface area contributed by atoms with E-state index in [4.69, 9.17) is 17.3 Å². The van der Waals surface area contributed by atoms with E-state index in [1.807, 2.05) is 12.1 Å². The van der Waals surface area contributed by atoms with E-state index >= 15 is 0 Å². The van der Waals surface area contributed by atoms with Crippen molar-refractivity contribution in [1.29, 1.82) is 0 Å². The van der Waals surface area contributed by atoms with E-state index < -0.39 is 0 Å². The number of hydrogen-bond acceptors (Lipinski definition) is 1. The van der Waals surface area contributed by atoms with Crippen LogP contribution in [-0.4, -0.2) is 0 Å². The lowest BCUT2D eigenvalue weighted by atomic mass is 9.94. The molecule has 0 saturated heterocycles. The van der Waals surface area contributed by atoms with Gasteiger partial charge >= 0.3 is 0 Å². The normalized spacial score (nSPS) is 10.6. The minimum Gasteiger partial charge on any atom is -0.399 e. The maximum atomic E-state index is 6.27. The predicted molar refractivity (Wildman–Crippen MR) is 75.5 cm³/mol. The predicted octanol–water partition coefficient (Wildman–Crippen LogP) is 4.51. The molecular weight excluding hydrogens is 230 g/mol. The number of nitrogens with two attached hydrogens (primary N) is 1. The van der Waals surface area contributed by atoms with Crippen LogP contribution in [-0.2, 0) is 0 Å². The summed E-state index contributed by atoms with van der Waals surface area (Å²) < 4.78 is 0. The Bertz CT molecular complexity index is 550. The number of nitrogen functional groups attached to an aromatic ring is 1. The Morgan fingerprint density at radius 1 is 0.941 bits per heavy atom. The smallest absolute Gasteiger partial charge is 0.0505 e. The highest BCUT2D eigenvalue weighted by molar-refractivity contribution is 6.33. The molecule has 2 aromatic rings. The van der Waals surface area contributed by atoms with Gasteiger partial charge in [0.2, 0.25) is 0 Å². The molecule has 2 N–H and O–H groups in total. The summed E-state index contributed by atoms with van der Waals surface area (Å²) in [5, 5.41) is 0.708. The van der Waals surface area contributed by atoms with Gasteiger partial charge in [0, 0.05) is 11.3 Å². The third kappa shape index (κ3) is 2.29. The fourth-order valence-electron chi connectivity index (χ4n) is 2.34. The molecule has 0 aliphatic heterocycles. The highest BCUT2D eigenvalue weighted by Crippen LogP contribution is 2.34. The second-order valence-electron chi connectivity index (χ2n) is 4.51. The van der Waals surface area contributed by atoms with Gasteiger partial charge in [-0.1, -0.05) is 35.4 Å². The number of rotatable bonds is 1. The average molecular weight is 246 g/mol. The molecule has 88 valence electrons. The van der Waals surface area contributed by atoms with Gasteiger partial charge in [0.25, 0.3) is 0 Å². The Hall–Kier alpha value is -1.47. The first-order valence-electron chi connectivity index (χ1n) is 5.62. The van der Waals surface area contributed by atoms with Crippen LogP contribution in [0.3, 0.4) is 0 Å². The molecule has 0 fully saturated rings. The molecule has 0 spiro atoms. The molecule has 0 aromatic heterocycles. The van der Waals surface area contributed by atoms with Gasteiger partial charge in [-0.3, -0.25) is 0 Å². The summed E-state index contributed by atoms with van der Waals surface area (Å²) in [6.45, 7) is 6.33. The van der Waals surface area contributed by atoms with Gasteiger partial charge in [0.1, 0.15) is 0 Å². The zero-order valence-corrected chi connectivity index (χ0v) is 11.1. The Labute approximate surface area is 107 Å². The van der Waals surface area contributed by atoms with Crippen molar-refractivity contribution in [2.75, 3.05) is 5.73 Å². The number of aryl methyl sites for hydroxylation is 3. The van der Waals surface area contributed by atoms with Crippen molar-refractivity contribution in [2.45, 2.75) is 20.8 Å². The van der Waals surface area contributed by atoms with Gasteiger partial charge in [0.05, 0.1) is 5.02 Å². The molecule has 2 heteroatoms. The third-order valence-corrected chi connectivity index (χ3v) is 3.25. The molecule has 17 heavy (non-hydrogen) atoms. The highest BCUT2D eigenvalue weighted by atomic mass is 35.5. The zero-order chi connectivity index (χ0) is 12.6. The minimum atomic E-state index is 0.696. The maximum absolute atomic E-state index is 6.27. The molecular formula is C15H16ClN. The molecule has 0 aliphatic carbocycles. The van der Waals surface area contributed by atoms with Gasteiger partial charge < -0.3 is 5.73 Å². The highest BCUT2D eigenvalue weighted by Gasteiger charge is 2.10. The molecule has 0 aliphatic rings. The summed E-state index contributed by atoms with van der Waals surface area (Å²) in [4.78, 5) is 0. The van der Waals surface area contributed by atoms with Crippen LogP contribution in [0.25, 0.3) is 11.1 Å². The van der Waals surface area contributed by atoms with Gasteiger partial charge in [-0.2, -0.15) is 0 Å². The first kappa shape index (κ1) is 12.0. The van der Waals surface area contributed by atoms with E-state index in [0.29, 0.717) is 10.7 Å². The lowest BCUT2D eigenvalue weighted by Gasteiger charge is -2.13. The number of hydrogen-bond donors (Lipinski definition) is 1. The van der Waals surface area contributed by atoms with E-state index in [0.717, 1.165) is 5.56 Å². The van der Waals surface area contributed by atoms with Gasteiger partial charge in [-0.25, -0.2) is 0 Å². The van der Waals surface area contributed by atoms with Crippen LogP contribution in [0.15, 0.2) is 30.3 Å². The summed E-state index contributed by atoms with van der Waals surface area (Å²) in [5.74, 6) is 0. The van der Waals surface area contributed by atoms with Crippen LogP contribution in [0.2, 0.25) is 5.02 Å². The van der Waals surface area contributed by atoms with Crippen LogP contribution < -0.4 is 5.73 Å². The maximum Gasteiger partial charge on any atom is 0.0505 e. The molecule has 0 unspecified atom stereocenters. The molecule has 0 saturated carbocycles. The van der Waals surface area contributed by atoms with Crippen LogP contribution in [0.5, 0.6) is 0 Å². The Morgan fingerprint density at radius 2 is 1.53 bits per heavy atom. The second-order valence-corrected chi connectivity index (χ2v) is 4.92. The molecule has 0 atom stereocenters. The fourth-order valence-corrected chi connectivity index (χ4v) is 2.62. The number of halogens is 1. The molecule has 0 amide bonds. The summed E-state index contributed by atoms with van der Waals surface area (Å²) in [5.41, 5.74) is 12.4. The van der Waals surface area contributed by atoms with Crippen molar-refractivity contribution in [3.05, 3.63) is 52.0 Å². The van der Waals surface area contributed by atoms with E-state index in [1.165, 1.54) is 22.3 Å². The SMILES string of the molecule is Cc1cc(C)c(-c2ccc(N)cc2Cl)c(C)c1. The van der Waals surface area contributed by atoms with E-state index in [2.05, 4.69) is 32.9 Å². The molecule has 0 radical (unpaired) electrons. The monoisotopic (exact) mass is 245 g/mol. The molecule has 0 heterocycles. The summed E-state index contributed by atoms with van der Waals surface area (Å²) in [7, 11) is 0. The zero-order valence-electron chi connectivity index (χ0n) is 10.3. The van der Waals surface area contributed by atoms with Crippen molar-refractivity contribution < 1.29 is 0 Å². The standard InChI is InChI=1S/C15H16ClN/c1-9-6-10(2)15(11(3)7-9)13-5-4-12(17)8-14(13)16/h4-8H,17H2,1-3H3. The lowest BCUT2D eigenvalue weighted by molar-refractivity contribution is 1.32. The first-order valence-corrected chi connectivity index (χ1v) is 6.00. The van der Waals surface area contributed by atoms with Crippen LogP contribution in [0.1, 0.15) is 16.7 Å². The Morgan fingerprint density at radius 3 is 2.06 bits per heavy atom. The Balaban J connectivity index is 2.68. The lowest BCUT2D eigenvalue weighted by Crippen LogP contribution is -1.92. The van der Waals surface area contributed by atoms with Crippen LogP contribution in [0, 0.1) is 20.8 Å². The molecule has 1 nitrogen and oxygen atoms in total. The van der Waals surface area contributed by atoms with Crippen molar-refractivity contribution >= 4 is 17.3 Å². The largest absolute Gasteiger partial charge is 0.399 e. The fraction of sp³-hybridized carbons (Fsp3) is 0.200. The second kappa shape index (κ2) is 4.42. The minimum absolute atomic E-state index is 0.696. The van der Waals surface area contributed by atoms with Gasteiger partial charge in [-0.05, 0) is 49.6 Å². The average Bonchev–Trinajstić information content (AvgIpc) is 2.19. The van der Waals surface area contributed by atoms with Gasteiger partial charge in [-0.15, -0.1) is 0 Å². The Kier molecular flexibility index (Phi) is 3.12. The number of benzene rings is 2. The topological polar surface area (TPSA) is 26.0 Å². The van der Waals surface area contributed by atoms with Crippen LogP contribution >= 0.6 is 11.6 Å². The van der Waals surface area contributed by atoms with Crippen molar-refractivity contribution in [2.24, 2.45) is 0 Å². The quantitative estimate of drug-likeness (QED) is 0.735. The summed E-state index contributed by atoms with van der Waals surface area (Å²) >= 11 is 6.27. The number of anilines is 1. The first-order chi connectivity index (χ1) is 7.99. The van der Waals surface area contributed by atoms with Crippen molar-refractivity contribution in [3.8, 4) is 11.1 Å². The van der Waals surface area contributed by atoms with E-state index in [9.17, 15) is 0 Å². The molecule has 2 rings (SSSR count). The summed E-state index contributed by atoms with van der Waals surface area (Å²) in [6, 6.07) is 10.0. The van der Waals surface area contributed by atoms with E-state index in [1.54, 1.807) is 6.07 Å². The molecule has 2 aromatic carbocycles.